The van der Waals surface area contributed by atoms with E-state index in [0.29, 0.717) is 36.2 Å². The highest BCUT2D eigenvalue weighted by Crippen LogP contribution is 2.30. The Kier molecular flexibility index (Phi) is 6.66. The molecule has 1 aromatic carbocycles. The standard InChI is InChI=1S/C20H28N2O4/c1-12(2)10-25-16-8-6-7-15(9-16)18-17(14(5)21-20(24)22-18)19(23)26-11-13(3)4/h6-9,12-13,18H,10-11H2,1-5H3,(H2,21,22,24). The fourth-order valence-electron chi connectivity index (χ4n) is 2.58. The number of carbonyl (C=O) groups is 2. The summed E-state index contributed by atoms with van der Waals surface area (Å²) in [5.41, 5.74) is 1.68. The Hall–Kier alpha value is -2.50. The van der Waals surface area contributed by atoms with Crippen molar-refractivity contribution < 1.29 is 19.1 Å². The van der Waals surface area contributed by atoms with Gasteiger partial charge in [-0.2, -0.15) is 0 Å². The first-order valence-electron chi connectivity index (χ1n) is 8.96. The minimum atomic E-state index is -0.578. The predicted molar refractivity (Wildman–Crippen MR) is 99.7 cm³/mol. The summed E-state index contributed by atoms with van der Waals surface area (Å²) in [6, 6.07) is 6.50. The fraction of sp³-hybridized carbons (Fsp3) is 0.500. The summed E-state index contributed by atoms with van der Waals surface area (Å²) in [5.74, 6) is 0.914. The lowest BCUT2D eigenvalue weighted by molar-refractivity contribution is -0.140. The molecule has 1 aliphatic heterocycles. The number of amides is 2. The highest BCUT2D eigenvalue weighted by molar-refractivity contribution is 5.95. The van der Waals surface area contributed by atoms with Crippen LogP contribution in [0.3, 0.4) is 0 Å². The molecule has 0 saturated heterocycles. The topological polar surface area (TPSA) is 76.7 Å². The zero-order valence-electron chi connectivity index (χ0n) is 16.1. The van der Waals surface area contributed by atoms with Gasteiger partial charge in [-0.15, -0.1) is 0 Å². The SMILES string of the molecule is CC1=C(C(=O)OCC(C)C)C(c2cccc(OCC(C)C)c2)NC(=O)N1. The molecular formula is C20H28N2O4. The number of benzene rings is 1. The molecule has 0 saturated carbocycles. The van der Waals surface area contributed by atoms with Gasteiger partial charge in [-0.05, 0) is 36.5 Å². The van der Waals surface area contributed by atoms with Crippen LogP contribution in [0.4, 0.5) is 4.79 Å². The molecule has 1 aromatic rings. The molecule has 0 radical (unpaired) electrons. The van der Waals surface area contributed by atoms with Crippen molar-refractivity contribution in [3.05, 3.63) is 41.1 Å². The first kappa shape index (κ1) is 19.8. The molecule has 0 spiro atoms. The lowest BCUT2D eigenvalue weighted by Crippen LogP contribution is -2.45. The van der Waals surface area contributed by atoms with E-state index in [1.54, 1.807) is 6.92 Å². The van der Waals surface area contributed by atoms with Gasteiger partial charge in [0.15, 0.2) is 0 Å². The van der Waals surface area contributed by atoms with E-state index in [1.165, 1.54) is 0 Å². The third-order valence-electron chi connectivity index (χ3n) is 3.81. The van der Waals surface area contributed by atoms with Crippen molar-refractivity contribution >= 4 is 12.0 Å². The third kappa shape index (κ3) is 5.25. The van der Waals surface area contributed by atoms with Crippen molar-refractivity contribution in [2.24, 2.45) is 11.8 Å². The third-order valence-corrected chi connectivity index (χ3v) is 3.81. The van der Waals surface area contributed by atoms with Crippen LogP contribution in [0.5, 0.6) is 5.75 Å². The van der Waals surface area contributed by atoms with E-state index < -0.39 is 12.0 Å². The molecule has 1 heterocycles. The molecule has 26 heavy (non-hydrogen) atoms. The van der Waals surface area contributed by atoms with E-state index >= 15 is 0 Å². The molecule has 1 atom stereocenters. The number of allylic oxidation sites excluding steroid dienone is 1. The summed E-state index contributed by atoms with van der Waals surface area (Å²) in [6.07, 6.45) is 0. The molecule has 0 aliphatic carbocycles. The van der Waals surface area contributed by atoms with Gasteiger partial charge in [-0.25, -0.2) is 9.59 Å². The second-order valence-electron chi connectivity index (χ2n) is 7.34. The number of urea groups is 1. The predicted octanol–water partition coefficient (Wildman–Crippen LogP) is 3.55. The van der Waals surface area contributed by atoms with Crippen LogP contribution in [0.2, 0.25) is 0 Å². The Balaban J connectivity index is 2.29. The monoisotopic (exact) mass is 360 g/mol. The maximum Gasteiger partial charge on any atom is 0.338 e. The highest BCUT2D eigenvalue weighted by atomic mass is 16.5. The lowest BCUT2D eigenvalue weighted by atomic mass is 9.95. The van der Waals surface area contributed by atoms with Crippen molar-refractivity contribution in [1.29, 1.82) is 0 Å². The first-order chi connectivity index (χ1) is 12.3. The first-order valence-corrected chi connectivity index (χ1v) is 8.96. The highest BCUT2D eigenvalue weighted by Gasteiger charge is 2.32. The van der Waals surface area contributed by atoms with Gasteiger partial charge in [0, 0.05) is 5.70 Å². The van der Waals surface area contributed by atoms with Crippen LogP contribution >= 0.6 is 0 Å². The van der Waals surface area contributed by atoms with E-state index in [-0.39, 0.29) is 11.9 Å². The fourth-order valence-corrected chi connectivity index (χ4v) is 2.58. The second kappa shape index (κ2) is 8.74. The van der Waals surface area contributed by atoms with Gasteiger partial charge < -0.3 is 20.1 Å². The van der Waals surface area contributed by atoms with Crippen LogP contribution in [0.1, 0.15) is 46.2 Å². The molecule has 1 unspecified atom stereocenters. The Labute approximate surface area is 154 Å². The molecular weight excluding hydrogens is 332 g/mol. The Morgan fingerprint density at radius 1 is 1.15 bits per heavy atom. The molecule has 142 valence electrons. The van der Waals surface area contributed by atoms with E-state index in [9.17, 15) is 9.59 Å². The Morgan fingerprint density at radius 2 is 1.85 bits per heavy atom. The summed E-state index contributed by atoms with van der Waals surface area (Å²) < 4.78 is 11.2. The zero-order chi connectivity index (χ0) is 19.3. The van der Waals surface area contributed by atoms with Gasteiger partial charge in [-0.1, -0.05) is 39.8 Å². The summed E-state index contributed by atoms with van der Waals surface area (Å²) >= 11 is 0. The van der Waals surface area contributed by atoms with Crippen LogP contribution in [0.25, 0.3) is 0 Å². The number of rotatable bonds is 7. The van der Waals surface area contributed by atoms with Gasteiger partial charge in [0.2, 0.25) is 0 Å². The number of hydrogen-bond donors (Lipinski definition) is 2. The smallest absolute Gasteiger partial charge is 0.338 e. The lowest BCUT2D eigenvalue weighted by Gasteiger charge is -2.28. The zero-order valence-corrected chi connectivity index (χ0v) is 16.1. The minimum Gasteiger partial charge on any atom is -0.493 e. The van der Waals surface area contributed by atoms with Gasteiger partial charge >= 0.3 is 12.0 Å². The average Bonchev–Trinajstić information content (AvgIpc) is 2.57. The average molecular weight is 360 g/mol. The largest absolute Gasteiger partial charge is 0.493 e. The Morgan fingerprint density at radius 3 is 2.50 bits per heavy atom. The van der Waals surface area contributed by atoms with Crippen LogP contribution in [0.15, 0.2) is 35.5 Å². The molecule has 1 aliphatic rings. The second-order valence-corrected chi connectivity index (χ2v) is 7.34. The van der Waals surface area contributed by atoms with Crippen molar-refractivity contribution in [1.82, 2.24) is 10.6 Å². The number of nitrogens with one attached hydrogen (secondary N) is 2. The summed E-state index contributed by atoms with van der Waals surface area (Å²) in [5, 5.41) is 5.46. The van der Waals surface area contributed by atoms with Crippen LogP contribution in [-0.2, 0) is 9.53 Å². The Bertz CT molecular complexity index is 695. The van der Waals surface area contributed by atoms with Crippen molar-refractivity contribution in [2.75, 3.05) is 13.2 Å². The number of hydrogen-bond acceptors (Lipinski definition) is 4. The molecule has 0 aromatic heterocycles. The maximum absolute atomic E-state index is 12.6. The number of esters is 1. The normalized spacial score (nSPS) is 17.2. The van der Waals surface area contributed by atoms with Gasteiger partial charge in [0.1, 0.15) is 5.75 Å². The molecule has 2 N–H and O–H groups in total. The van der Waals surface area contributed by atoms with Crippen molar-refractivity contribution in [2.45, 2.75) is 40.7 Å². The summed E-state index contributed by atoms with van der Waals surface area (Å²) in [6.45, 7) is 10.7. The summed E-state index contributed by atoms with van der Waals surface area (Å²) in [7, 11) is 0. The molecule has 2 amide bonds. The molecule has 6 nitrogen and oxygen atoms in total. The number of ether oxygens (including phenoxy) is 2. The van der Waals surface area contributed by atoms with Crippen molar-refractivity contribution in [3.8, 4) is 5.75 Å². The van der Waals surface area contributed by atoms with E-state index in [1.807, 2.05) is 38.1 Å². The van der Waals surface area contributed by atoms with E-state index in [2.05, 4.69) is 24.5 Å². The van der Waals surface area contributed by atoms with Gasteiger partial charge in [0.05, 0.1) is 24.8 Å². The quantitative estimate of drug-likeness (QED) is 0.729. The molecule has 2 rings (SSSR count). The van der Waals surface area contributed by atoms with E-state index in [0.717, 1.165) is 5.56 Å². The van der Waals surface area contributed by atoms with Crippen LogP contribution in [0, 0.1) is 11.8 Å². The van der Waals surface area contributed by atoms with Crippen molar-refractivity contribution in [3.63, 3.8) is 0 Å². The summed E-state index contributed by atoms with van der Waals surface area (Å²) in [4.78, 5) is 24.6. The van der Waals surface area contributed by atoms with Crippen LogP contribution < -0.4 is 15.4 Å². The molecule has 0 bridgehead atoms. The number of carbonyl (C=O) groups excluding carboxylic acids is 2. The molecule has 6 heteroatoms. The van der Waals surface area contributed by atoms with Gasteiger partial charge in [-0.3, -0.25) is 0 Å². The minimum absolute atomic E-state index is 0.234. The maximum atomic E-state index is 12.6. The van der Waals surface area contributed by atoms with E-state index in [4.69, 9.17) is 9.47 Å². The van der Waals surface area contributed by atoms with Crippen LogP contribution in [-0.4, -0.2) is 25.2 Å². The molecule has 0 fully saturated rings. The van der Waals surface area contributed by atoms with Gasteiger partial charge in [0.25, 0.3) is 0 Å².